The largest absolute Gasteiger partial charge is 0.505 e. The summed E-state index contributed by atoms with van der Waals surface area (Å²) in [6, 6.07) is 3.69. The first-order valence-electron chi connectivity index (χ1n) is 7.23. The molecule has 1 aromatic heterocycles. The number of carboxylic acid groups (broad SMARTS) is 1. The molecule has 1 amide bonds. The maximum atomic E-state index is 12.1. The lowest BCUT2D eigenvalue weighted by molar-refractivity contribution is -0.138. The van der Waals surface area contributed by atoms with Crippen molar-refractivity contribution in [1.29, 1.82) is 0 Å². The molecule has 1 aromatic carbocycles. The molecule has 0 aliphatic carbocycles. The number of fused-ring (bicyclic) bond motifs is 1. The second kappa shape index (κ2) is 6.92. The summed E-state index contributed by atoms with van der Waals surface area (Å²) in [7, 11) is 0. The van der Waals surface area contributed by atoms with Crippen LogP contribution in [-0.2, 0) is 4.79 Å². The van der Waals surface area contributed by atoms with Gasteiger partial charge in [0.2, 0.25) is 0 Å². The maximum absolute atomic E-state index is 12.1. The molecule has 7 nitrogen and oxygen atoms in total. The predicted octanol–water partition coefficient (Wildman–Crippen LogP) is 2.58. The highest BCUT2D eigenvalue weighted by Crippen LogP contribution is 2.34. The molecule has 24 heavy (non-hydrogen) atoms. The van der Waals surface area contributed by atoms with Crippen LogP contribution in [0.2, 0.25) is 5.15 Å². The monoisotopic (exact) mass is 352 g/mol. The van der Waals surface area contributed by atoms with E-state index in [2.05, 4.69) is 10.3 Å². The Bertz CT molecular complexity index is 807. The average Bonchev–Trinajstić information content (AvgIpc) is 2.49. The van der Waals surface area contributed by atoms with Gasteiger partial charge in [-0.05, 0) is 39.0 Å². The third-order valence-corrected chi connectivity index (χ3v) is 3.50. The number of nitrogens with one attached hydrogen (secondary N) is 1. The first-order chi connectivity index (χ1) is 11.2. The predicted molar refractivity (Wildman–Crippen MR) is 88.7 cm³/mol. The highest BCUT2D eigenvalue weighted by Gasteiger charge is 2.22. The van der Waals surface area contributed by atoms with Gasteiger partial charge in [-0.1, -0.05) is 11.6 Å². The molecule has 1 atom stereocenters. The van der Waals surface area contributed by atoms with Crippen molar-refractivity contribution >= 4 is 34.2 Å². The molecule has 8 heteroatoms. The Hall–Kier alpha value is -2.54. The molecule has 0 aliphatic heterocycles. The minimum Gasteiger partial charge on any atom is -0.505 e. The molecular weight excluding hydrogens is 336 g/mol. The first kappa shape index (κ1) is 17.8. The van der Waals surface area contributed by atoms with Gasteiger partial charge in [0.05, 0.1) is 6.10 Å². The fourth-order valence-electron chi connectivity index (χ4n) is 2.07. The number of hydrogen-bond donors (Lipinski definition) is 3. The van der Waals surface area contributed by atoms with Gasteiger partial charge in [0, 0.05) is 10.8 Å². The van der Waals surface area contributed by atoms with E-state index >= 15 is 0 Å². The SMILES string of the molecule is CC(C)Oc1ccc2c(O)c(C(=O)NC(C)C(=O)O)nc(Cl)c2c1. The van der Waals surface area contributed by atoms with Crippen LogP contribution in [0, 0.1) is 0 Å². The van der Waals surface area contributed by atoms with Crippen molar-refractivity contribution < 1.29 is 24.5 Å². The number of aromatic hydroxyl groups is 1. The van der Waals surface area contributed by atoms with Gasteiger partial charge in [0.25, 0.3) is 5.91 Å². The molecule has 128 valence electrons. The van der Waals surface area contributed by atoms with E-state index in [-0.39, 0.29) is 22.7 Å². The number of carboxylic acids is 1. The number of rotatable bonds is 5. The highest BCUT2D eigenvalue weighted by molar-refractivity contribution is 6.35. The lowest BCUT2D eigenvalue weighted by Crippen LogP contribution is -2.38. The van der Waals surface area contributed by atoms with E-state index < -0.39 is 17.9 Å². The number of aliphatic carboxylic acids is 1. The number of pyridine rings is 1. The van der Waals surface area contributed by atoms with E-state index in [1.807, 2.05) is 13.8 Å². The zero-order valence-electron chi connectivity index (χ0n) is 13.3. The number of halogens is 1. The van der Waals surface area contributed by atoms with Crippen LogP contribution in [0.1, 0.15) is 31.3 Å². The molecule has 0 spiro atoms. The third kappa shape index (κ3) is 3.68. The zero-order chi connectivity index (χ0) is 18.0. The smallest absolute Gasteiger partial charge is 0.325 e. The number of benzene rings is 1. The van der Waals surface area contributed by atoms with Gasteiger partial charge in [-0.25, -0.2) is 4.98 Å². The van der Waals surface area contributed by atoms with Crippen molar-refractivity contribution in [2.24, 2.45) is 0 Å². The van der Waals surface area contributed by atoms with Crippen molar-refractivity contribution in [1.82, 2.24) is 10.3 Å². The lowest BCUT2D eigenvalue weighted by Gasteiger charge is -2.14. The standard InChI is InChI=1S/C16H17ClN2O5/c1-7(2)24-9-4-5-10-11(6-9)14(17)19-12(13(10)20)15(21)18-8(3)16(22)23/h4-8,20H,1-3H3,(H,18,21)(H,22,23). The van der Waals surface area contributed by atoms with Gasteiger partial charge in [-0.3, -0.25) is 9.59 Å². The van der Waals surface area contributed by atoms with Crippen LogP contribution in [0.3, 0.4) is 0 Å². The van der Waals surface area contributed by atoms with Gasteiger partial charge < -0.3 is 20.3 Å². The van der Waals surface area contributed by atoms with Crippen molar-refractivity contribution in [3.8, 4) is 11.5 Å². The summed E-state index contributed by atoms with van der Waals surface area (Å²) in [4.78, 5) is 26.8. The second-order valence-corrected chi connectivity index (χ2v) is 5.87. The molecule has 1 unspecified atom stereocenters. The summed E-state index contributed by atoms with van der Waals surface area (Å²) in [5, 5.41) is 22.1. The Morgan fingerprint density at radius 3 is 2.50 bits per heavy atom. The average molecular weight is 353 g/mol. The van der Waals surface area contributed by atoms with E-state index in [4.69, 9.17) is 21.4 Å². The Balaban J connectivity index is 2.46. The van der Waals surface area contributed by atoms with Crippen LogP contribution >= 0.6 is 11.6 Å². The van der Waals surface area contributed by atoms with Gasteiger partial charge in [0.1, 0.15) is 16.9 Å². The number of aromatic nitrogens is 1. The van der Waals surface area contributed by atoms with Crippen LogP contribution in [0.4, 0.5) is 0 Å². The fourth-order valence-corrected chi connectivity index (χ4v) is 2.31. The maximum Gasteiger partial charge on any atom is 0.325 e. The van der Waals surface area contributed by atoms with E-state index in [9.17, 15) is 14.7 Å². The van der Waals surface area contributed by atoms with E-state index in [0.29, 0.717) is 16.5 Å². The summed E-state index contributed by atoms with van der Waals surface area (Å²) in [6.07, 6.45) is -0.0367. The number of carbonyl (C=O) groups excluding carboxylic acids is 1. The minimum atomic E-state index is -1.20. The Morgan fingerprint density at radius 1 is 1.25 bits per heavy atom. The third-order valence-electron chi connectivity index (χ3n) is 3.21. The summed E-state index contributed by atoms with van der Waals surface area (Å²) in [6.45, 7) is 5.05. The van der Waals surface area contributed by atoms with Gasteiger partial charge in [-0.15, -0.1) is 0 Å². The summed E-state index contributed by atoms with van der Waals surface area (Å²) < 4.78 is 5.56. The van der Waals surface area contributed by atoms with Gasteiger partial charge in [-0.2, -0.15) is 0 Å². The number of carbonyl (C=O) groups is 2. The Labute approximate surface area is 143 Å². The van der Waals surface area contributed by atoms with Crippen molar-refractivity contribution in [3.63, 3.8) is 0 Å². The molecule has 3 N–H and O–H groups in total. The number of nitrogens with zero attached hydrogens (tertiary/aromatic N) is 1. The van der Waals surface area contributed by atoms with Crippen LogP contribution in [0.15, 0.2) is 18.2 Å². The molecule has 0 aliphatic rings. The topological polar surface area (TPSA) is 109 Å². The Morgan fingerprint density at radius 2 is 1.92 bits per heavy atom. The highest BCUT2D eigenvalue weighted by atomic mass is 35.5. The quantitative estimate of drug-likeness (QED) is 0.714. The van der Waals surface area contributed by atoms with E-state index in [1.165, 1.54) is 6.92 Å². The molecule has 0 saturated heterocycles. The van der Waals surface area contributed by atoms with Crippen LogP contribution in [-0.4, -0.2) is 39.2 Å². The molecule has 0 fully saturated rings. The molecule has 0 saturated carbocycles. The number of hydrogen-bond acceptors (Lipinski definition) is 5. The van der Waals surface area contributed by atoms with E-state index in [1.54, 1.807) is 18.2 Å². The van der Waals surface area contributed by atoms with Crippen LogP contribution < -0.4 is 10.1 Å². The normalized spacial score (nSPS) is 12.2. The number of ether oxygens (including phenoxy) is 1. The summed E-state index contributed by atoms with van der Waals surface area (Å²) in [5.74, 6) is -1.85. The van der Waals surface area contributed by atoms with Crippen molar-refractivity contribution in [2.75, 3.05) is 0 Å². The second-order valence-electron chi connectivity index (χ2n) is 5.51. The van der Waals surface area contributed by atoms with Crippen molar-refractivity contribution in [2.45, 2.75) is 32.9 Å². The van der Waals surface area contributed by atoms with Crippen LogP contribution in [0.5, 0.6) is 11.5 Å². The van der Waals surface area contributed by atoms with Gasteiger partial charge >= 0.3 is 5.97 Å². The minimum absolute atomic E-state index is 0.00475. The summed E-state index contributed by atoms with van der Waals surface area (Å²) in [5.41, 5.74) is -0.335. The molecule has 0 radical (unpaired) electrons. The zero-order valence-corrected chi connectivity index (χ0v) is 14.1. The Kier molecular flexibility index (Phi) is 5.14. The van der Waals surface area contributed by atoms with Crippen LogP contribution in [0.25, 0.3) is 10.8 Å². The summed E-state index contributed by atoms with van der Waals surface area (Å²) >= 11 is 6.11. The molecule has 0 bridgehead atoms. The molecular formula is C16H17ClN2O5. The lowest BCUT2D eigenvalue weighted by atomic mass is 10.1. The molecule has 2 aromatic rings. The molecule has 1 heterocycles. The van der Waals surface area contributed by atoms with Crippen molar-refractivity contribution in [3.05, 3.63) is 29.0 Å². The fraction of sp³-hybridized carbons (Fsp3) is 0.312. The molecule has 2 rings (SSSR count). The first-order valence-corrected chi connectivity index (χ1v) is 7.61. The number of amides is 1. The van der Waals surface area contributed by atoms with Gasteiger partial charge in [0.15, 0.2) is 11.4 Å². The van der Waals surface area contributed by atoms with E-state index in [0.717, 1.165) is 0 Å².